The predicted octanol–water partition coefficient (Wildman–Crippen LogP) is 5.88. The van der Waals surface area contributed by atoms with Crippen LogP contribution in [0.4, 0.5) is 0 Å². The van der Waals surface area contributed by atoms with E-state index in [1.165, 1.54) is 16.8 Å². The smallest absolute Gasteiger partial charge is 0.230 e. The molecule has 1 aliphatic heterocycles. The minimum absolute atomic E-state index is 0.0933. The van der Waals surface area contributed by atoms with Gasteiger partial charge in [0.05, 0.1) is 29.5 Å². The molecule has 1 unspecified atom stereocenters. The monoisotopic (exact) mass is 472 g/mol. The number of amides is 1. The zero-order chi connectivity index (χ0) is 24.9. The van der Waals surface area contributed by atoms with E-state index in [1.54, 1.807) is 0 Å². The highest BCUT2D eigenvalue weighted by Gasteiger charge is 2.31. The number of nitrogens with zero attached hydrogens (tertiary/aromatic N) is 4. The molecule has 0 N–H and O–H groups in total. The SMILES string of the molecule is CCCN1CCc2c(c(CN(C(=O)C(CC)c3ccccc3)C(C)C)nn2-c2ccc(C)cc2)C1. The van der Waals surface area contributed by atoms with Gasteiger partial charge in [-0.15, -0.1) is 0 Å². The Bertz CT molecular complexity index is 1120. The van der Waals surface area contributed by atoms with E-state index in [0.717, 1.165) is 55.8 Å². The van der Waals surface area contributed by atoms with Crippen molar-refractivity contribution >= 4 is 5.91 Å². The lowest BCUT2D eigenvalue weighted by Crippen LogP contribution is -2.40. The molecule has 5 nitrogen and oxygen atoms in total. The van der Waals surface area contributed by atoms with Crippen LogP contribution >= 0.6 is 0 Å². The van der Waals surface area contributed by atoms with Gasteiger partial charge in [0.1, 0.15) is 0 Å². The van der Waals surface area contributed by atoms with Crippen molar-refractivity contribution in [1.82, 2.24) is 19.6 Å². The van der Waals surface area contributed by atoms with Crippen molar-refractivity contribution in [2.45, 2.75) is 78.9 Å². The number of aryl methyl sites for hydroxylation is 1. The van der Waals surface area contributed by atoms with Crippen molar-refractivity contribution in [2.75, 3.05) is 13.1 Å². The molecule has 0 fully saturated rings. The normalized spacial score (nSPS) is 14.7. The van der Waals surface area contributed by atoms with Gasteiger partial charge in [-0.3, -0.25) is 9.69 Å². The van der Waals surface area contributed by atoms with Gasteiger partial charge in [0.2, 0.25) is 5.91 Å². The quantitative estimate of drug-likeness (QED) is 0.390. The molecule has 2 aromatic carbocycles. The number of rotatable bonds is 9. The Balaban J connectivity index is 1.70. The number of aromatic nitrogens is 2. The van der Waals surface area contributed by atoms with Crippen LogP contribution in [0.2, 0.25) is 0 Å². The van der Waals surface area contributed by atoms with Gasteiger partial charge >= 0.3 is 0 Å². The lowest BCUT2D eigenvalue weighted by molar-refractivity contribution is -0.135. The zero-order valence-electron chi connectivity index (χ0n) is 22.0. The van der Waals surface area contributed by atoms with E-state index in [-0.39, 0.29) is 17.9 Å². The van der Waals surface area contributed by atoms with Gasteiger partial charge < -0.3 is 4.90 Å². The van der Waals surface area contributed by atoms with Crippen LogP contribution in [0.3, 0.4) is 0 Å². The fourth-order valence-corrected chi connectivity index (χ4v) is 5.19. The van der Waals surface area contributed by atoms with Gasteiger partial charge in [-0.05, 0) is 57.9 Å². The average Bonchev–Trinajstić information content (AvgIpc) is 3.21. The highest BCUT2D eigenvalue weighted by atomic mass is 16.2. The molecule has 1 aromatic heterocycles. The Kier molecular flexibility index (Phi) is 8.07. The summed E-state index contributed by atoms with van der Waals surface area (Å²) < 4.78 is 2.13. The molecule has 35 heavy (non-hydrogen) atoms. The molecule has 5 heteroatoms. The number of hydrogen-bond donors (Lipinski definition) is 0. The van der Waals surface area contributed by atoms with Crippen LogP contribution in [-0.2, 0) is 24.3 Å². The summed E-state index contributed by atoms with van der Waals surface area (Å²) in [6, 6.07) is 18.9. The van der Waals surface area contributed by atoms with Crippen molar-refractivity contribution in [3.63, 3.8) is 0 Å². The Hall–Kier alpha value is -2.92. The maximum atomic E-state index is 13.9. The van der Waals surface area contributed by atoms with E-state index in [2.05, 4.69) is 80.6 Å². The molecule has 1 amide bonds. The molecule has 0 saturated carbocycles. The average molecular weight is 473 g/mol. The van der Waals surface area contributed by atoms with Gasteiger partial charge in [-0.1, -0.05) is 61.9 Å². The first-order chi connectivity index (χ1) is 16.9. The fourth-order valence-electron chi connectivity index (χ4n) is 5.19. The van der Waals surface area contributed by atoms with Gasteiger partial charge in [0.25, 0.3) is 0 Å². The van der Waals surface area contributed by atoms with Gasteiger partial charge in [-0.25, -0.2) is 4.68 Å². The van der Waals surface area contributed by atoms with E-state index in [9.17, 15) is 4.79 Å². The number of fused-ring (bicyclic) bond motifs is 1. The molecule has 0 spiro atoms. The molecule has 0 aliphatic carbocycles. The molecule has 186 valence electrons. The summed E-state index contributed by atoms with van der Waals surface area (Å²) in [4.78, 5) is 18.4. The number of hydrogen-bond acceptors (Lipinski definition) is 3. The second-order valence-corrected chi connectivity index (χ2v) is 10.1. The zero-order valence-corrected chi connectivity index (χ0v) is 22.0. The Morgan fingerprint density at radius 2 is 1.77 bits per heavy atom. The first-order valence-electron chi connectivity index (χ1n) is 13.2. The summed E-state index contributed by atoms with van der Waals surface area (Å²) in [6.07, 6.45) is 2.91. The Morgan fingerprint density at radius 3 is 2.40 bits per heavy atom. The topological polar surface area (TPSA) is 41.4 Å². The lowest BCUT2D eigenvalue weighted by Gasteiger charge is -2.31. The van der Waals surface area contributed by atoms with Crippen LogP contribution in [0, 0.1) is 6.92 Å². The third-order valence-corrected chi connectivity index (χ3v) is 7.17. The molecule has 0 radical (unpaired) electrons. The molecule has 0 saturated heterocycles. The fraction of sp³-hybridized carbons (Fsp3) is 0.467. The molecular formula is C30H40N4O. The van der Waals surface area contributed by atoms with E-state index in [1.807, 2.05) is 23.1 Å². The van der Waals surface area contributed by atoms with Crippen molar-refractivity contribution in [3.05, 3.63) is 82.7 Å². The number of carbonyl (C=O) groups excluding carboxylic acids is 1. The summed E-state index contributed by atoms with van der Waals surface area (Å²) in [7, 11) is 0. The molecule has 1 atom stereocenters. The summed E-state index contributed by atoms with van der Waals surface area (Å²) in [6.45, 7) is 14.3. The second kappa shape index (κ2) is 11.2. The summed E-state index contributed by atoms with van der Waals surface area (Å²) in [5.41, 5.74) is 7.06. The minimum Gasteiger partial charge on any atom is -0.334 e. The van der Waals surface area contributed by atoms with Crippen LogP contribution in [0.1, 0.15) is 74.5 Å². The standard InChI is InChI=1S/C30H40N4O/c1-6-18-32-19-17-29-27(20-32)28(31-34(29)25-15-13-23(5)14-16-25)21-33(22(3)4)30(35)26(7-2)24-11-9-8-10-12-24/h8-16,22,26H,6-7,17-21H2,1-5H3. The Morgan fingerprint density at radius 1 is 1.06 bits per heavy atom. The van der Waals surface area contributed by atoms with Crippen LogP contribution in [0.5, 0.6) is 0 Å². The highest BCUT2D eigenvalue weighted by Crippen LogP contribution is 2.29. The highest BCUT2D eigenvalue weighted by molar-refractivity contribution is 5.84. The predicted molar refractivity (Wildman–Crippen MR) is 143 cm³/mol. The van der Waals surface area contributed by atoms with E-state index in [0.29, 0.717) is 6.54 Å². The van der Waals surface area contributed by atoms with Crippen LogP contribution in [-0.4, -0.2) is 44.6 Å². The summed E-state index contributed by atoms with van der Waals surface area (Å²) >= 11 is 0. The maximum absolute atomic E-state index is 13.9. The van der Waals surface area contributed by atoms with Gasteiger partial charge in [-0.2, -0.15) is 5.10 Å². The van der Waals surface area contributed by atoms with E-state index >= 15 is 0 Å². The first-order valence-corrected chi connectivity index (χ1v) is 13.2. The molecule has 4 rings (SSSR count). The van der Waals surface area contributed by atoms with Crippen molar-refractivity contribution in [3.8, 4) is 5.69 Å². The number of benzene rings is 2. The maximum Gasteiger partial charge on any atom is 0.230 e. The molecular weight excluding hydrogens is 432 g/mol. The Labute approximate surface area is 210 Å². The molecule has 2 heterocycles. The molecule has 1 aliphatic rings. The van der Waals surface area contributed by atoms with Crippen molar-refractivity contribution < 1.29 is 4.79 Å². The van der Waals surface area contributed by atoms with Gasteiger partial charge in [0.15, 0.2) is 0 Å². The van der Waals surface area contributed by atoms with Crippen LogP contribution in [0.15, 0.2) is 54.6 Å². The third kappa shape index (κ3) is 5.51. The lowest BCUT2D eigenvalue weighted by atomic mass is 9.94. The first kappa shape index (κ1) is 25.2. The van der Waals surface area contributed by atoms with E-state index in [4.69, 9.17) is 5.10 Å². The minimum atomic E-state index is -0.134. The second-order valence-electron chi connectivity index (χ2n) is 10.1. The molecule has 3 aromatic rings. The van der Waals surface area contributed by atoms with Gasteiger partial charge in [0, 0.05) is 31.1 Å². The van der Waals surface area contributed by atoms with Crippen molar-refractivity contribution in [1.29, 1.82) is 0 Å². The third-order valence-electron chi connectivity index (χ3n) is 7.17. The van der Waals surface area contributed by atoms with Crippen molar-refractivity contribution in [2.24, 2.45) is 0 Å². The largest absolute Gasteiger partial charge is 0.334 e. The van der Waals surface area contributed by atoms with Crippen LogP contribution in [0.25, 0.3) is 5.69 Å². The summed E-state index contributed by atoms with van der Waals surface area (Å²) in [5.74, 6) is 0.0544. The van der Waals surface area contributed by atoms with Crippen LogP contribution < -0.4 is 0 Å². The summed E-state index contributed by atoms with van der Waals surface area (Å²) in [5, 5.41) is 5.14. The number of carbonyl (C=O) groups is 1. The molecule has 0 bridgehead atoms. The van der Waals surface area contributed by atoms with E-state index < -0.39 is 0 Å².